The first kappa shape index (κ1) is 22.4. The summed E-state index contributed by atoms with van der Waals surface area (Å²) in [6.07, 6.45) is 0.825. The quantitative estimate of drug-likeness (QED) is 0.476. The molecule has 3 rings (SSSR count). The van der Waals surface area contributed by atoms with Crippen LogP contribution in [-0.4, -0.2) is 17.9 Å². The molecule has 160 valence electrons. The van der Waals surface area contributed by atoms with Crippen molar-refractivity contribution in [1.82, 2.24) is 5.32 Å². The van der Waals surface area contributed by atoms with Crippen LogP contribution in [0.2, 0.25) is 5.02 Å². The van der Waals surface area contributed by atoms with Gasteiger partial charge in [0.25, 0.3) is 11.8 Å². The average molecular weight is 437 g/mol. The summed E-state index contributed by atoms with van der Waals surface area (Å²) < 4.78 is 5.75. The third kappa shape index (κ3) is 6.09. The topological polar surface area (TPSA) is 67.4 Å². The van der Waals surface area contributed by atoms with E-state index in [2.05, 4.69) is 10.6 Å². The number of hydrogen-bond donors (Lipinski definition) is 2. The lowest BCUT2D eigenvalue weighted by Gasteiger charge is -2.15. The zero-order valence-electron chi connectivity index (χ0n) is 17.5. The van der Waals surface area contributed by atoms with Crippen LogP contribution in [0.4, 0.5) is 5.69 Å². The number of hydrogen-bond acceptors (Lipinski definition) is 3. The van der Waals surface area contributed by atoms with E-state index in [1.807, 2.05) is 38.1 Å². The van der Waals surface area contributed by atoms with E-state index in [1.54, 1.807) is 48.5 Å². The van der Waals surface area contributed by atoms with Crippen LogP contribution in [0, 0.1) is 0 Å². The number of nitrogens with one attached hydrogen (secondary N) is 2. The molecule has 31 heavy (non-hydrogen) atoms. The van der Waals surface area contributed by atoms with Crippen molar-refractivity contribution >= 4 is 29.1 Å². The van der Waals surface area contributed by atoms with Gasteiger partial charge in [0.1, 0.15) is 12.4 Å². The van der Waals surface area contributed by atoms with Gasteiger partial charge < -0.3 is 15.4 Å². The second kappa shape index (κ2) is 10.6. The molecule has 0 spiro atoms. The van der Waals surface area contributed by atoms with E-state index < -0.39 is 0 Å². The third-order valence-electron chi connectivity index (χ3n) is 4.88. The van der Waals surface area contributed by atoms with Crippen LogP contribution in [-0.2, 0) is 6.61 Å². The number of carbonyl (C=O) groups is 2. The second-order valence-electron chi connectivity index (χ2n) is 7.19. The molecule has 0 aliphatic carbocycles. The number of halogens is 1. The Bertz CT molecular complexity index is 1050. The highest BCUT2D eigenvalue weighted by molar-refractivity contribution is 6.31. The lowest BCUT2D eigenvalue weighted by Crippen LogP contribution is -2.32. The number of amides is 2. The van der Waals surface area contributed by atoms with Gasteiger partial charge in [-0.2, -0.15) is 0 Å². The van der Waals surface area contributed by atoms with Crippen molar-refractivity contribution in [2.45, 2.75) is 32.9 Å². The predicted octanol–water partition coefficient (Wildman–Crippen LogP) is 5.70. The highest BCUT2D eigenvalue weighted by atomic mass is 35.5. The Kier molecular flexibility index (Phi) is 7.68. The van der Waals surface area contributed by atoms with Gasteiger partial charge in [0.2, 0.25) is 0 Å². The molecule has 0 saturated heterocycles. The minimum absolute atomic E-state index is 0.0505. The van der Waals surface area contributed by atoms with Crippen LogP contribution in [0.25, 0.3) is 0 Å². The summed E-state index contributed by atoms with van der Waals surface area (Å²) in [6.45, 7) is 4.28. The fourth-order valence-corrected chi connectivity index (χ4v) is 3.06. The van der Waals surface area contributed by atoms with Crippen LogP contribution in [0.5, 0.6) is 5.75 Å². The number of para-hydroxylation sites is 1. The van der Waals surface area contributed by atoms with E-state index in [0.29, 0.717) is 34.2 Å². The van der Waals surface area contributed by atoms with Gasteiger partial charge >= 0.3 is 0 Å². The van der Waals surface area contributed by atoms with E-state index in [0.717, 1.165) is 12.0 Å². The van der Waals surface area contributed by atoms with E-state index in [9.17, 15) is 9.59 Å². The van der Waals surface area contributed by atoms with Crippen LogP contribution in [0.3, 0.4) is 0 Å². The van der Waals surface area contributed by atoms with E-state index >= 15 is 0 Å². The fraction of sp³-hybridized carbons (Fsp3) is 0.200. The molecule has 3 aromatic rings. The Morgan fingerprint density at radius 1 is 0.935 bits per heavy atom. The molecule has 0 heterocycles. The normalized spacial score (nSPS) is 11.5. The zero-order chi connectivity index (χ0) is 22.2. The van der Waals surface area contributed by atoms with Gasteiger partial charge in [-0.05, 0) is 55.8 Å². The van der Waals surface area contributed by atoms with Gasteiger partial charge in [-0.15, -0.1) is 0 Å². The summed E-state index contributed by atoms with van der Waals surface area (Å²) >= 11 is 6.14. The van der Waals surface area contributed by atoms with Crippen molar-refractivity contribution in [3.63, 3.8) is 0 Å². The second-order valence-corrected chi connectivity index (χ2v) is 7.59. The van der Waals surface area contributed by atoms with E-state index in [-0.39, 0.29) is 17.9 Å². The fourth-order valence-electron chi connectivity index (χ4n) is 2.87. The molecule has 0 unspecified atom stereocenters. The molecule has 0 radical (unpaired) electrons. The number of rotatable bonds is 8. The van der Waals surface area contributed by atoms with Crippen molar-refractivity contribution in [2.75, 3.05) is 5.32 Å². The first-order valence-electron chi connectivity index (χ1n) is 10.2. The minimum Gasteiger partial charge on any atom is -0.489 e. The first-order chi connectivity index (χ1) is 15.0. The van der Waals surface area contributed by atoms with Gasteiger partial charge in [0, 0.05) is 22.2 Å². The standard InChI is InChI=1S/C25H25ClN2O3/c1-3-17(2)27-25(30)21-9-5-7-11-23(21)28-24(29)18-12-14-20(15-13-18)31-16-19-8-4-6-10-22(19)26/h4-15,17H,3,16H2,1-2H3,(H,27,30)(H,28,29)/t17-/m0/s1. The Hall–Kier alpha value is -3.31. The SMILES string of the molecule is CC[C@H](C)NC(=O)c1ccccc1NC(=O)c1ccc(OCc2ccccc2Cl)cc1. The zero-order valence-corrected chi connectivity index (χ0v) is 18.3. The Labute approximate surface area is 187 Å². The minimum atomic E-state index is -0.304. The molecule has 5 nitrogen and oxygen atoms in total. The van der Waals surface area contributed by atoms with Crippen molar-refractivity contribution in [3.8, 4) is 5.75 Å². The monoisotopic (exact) mass is 436 g/mol. The smallest absolute Gasteiger partial charge is 0.255 e. The highest BCUT2D eigenvalue weighted by Crippen LogP contribution is 2.20. The molecule has 0 aliphatic heterocycles. The molecule has 0 aromatic heterocycles. The van der Waals surface area contributed by atoms with Gasteiger partial charge in [-0.1, -0.05) is 48.9 Å². The maximum atomic E-state index is 12.7. The largest absolute Gasteiger partial charge is 0.489 e. The average Bonchev–Trinajstić information content (AvgIpc) is 2.79. The Morgan fingerprint density at radius 3 is 2.32 bits per heavy atom. The molecule has 6 heteroatoms. The molecule has 0 aliphatic rings. The number of carbonyl (C=O) groups excluding carboxylic acids is 2. The summed E-state index contributed by atoms with van der Waals surface area (Å²) in [7, 11) is 0. The molecule has 2 amide bonds. The maximum Gasteiger partial charge on any atom is 0.255 e. The summed E-state index contributed by atoms with van der Waals surface area (Å²) in [5, 5.41) is 6.40. The van der Waals surface area contributed by atoms with Crippen molar-refractivity contribution in [1.29, 1.82) is 0 Å². The summed E-state index contributed by atoms with van der Waals surface area (Å²) in [5.74, 6) is 0.111. The van der Waals surface area contributed by atoms with Crippen LogP contribution < -0.4 is 15.4 Å². The van der Waals surface area contributed by atoms with E-state index in [4.69, 9.17) is 16.3 Å². The van der Waals surface area contributed by atoms with Crippen molar-refractivity contribution in [3.05, 3.63) is 94.5 Å². The number of benzene rings is 3. The highest BCUT2D eigenvalue weighted by Gasteiger charge is 2.15. The molecule has 0 saturated carbocycles. The number of ether oxygens (including phenoxy) is 1. The summed E-state index contributed by atoms with van der Waals surface area (Å²) in [6, 6.07) is 21.3. The molecule has 3 aromatic carbocycles. The van der Waals surface area contributed by atoms with Crippen LogP contribution in [0.15, 0.2) is 72.8 Å². The lowest BCUT2D eigenvalue weighted by atomic mass is 10.1. The molecular formula is C25H25ClN2O3. The van der Waals surface area contributed by atoms with Gasteiger partial charge in [-0.3, -0.25) is 9.59 Å². The summed E-state index contributed by atoms with van der Waals surface area (Å²) in [5.41, 5.74) is 2.24. The van der Waals surface area contributed by atoms with Crippen molar-refractivity contribution < 1.29 is 14.3 Å². The molecular weight excluding hydrogens is 412 g/mol. The maximum absolute atomic E-state index is 12.7. The molecule has 0 fully saturated rings. The summed E-state index contributed by atoms with van der Waals surface area (Å²) in [4.78, 5) is 25.2. The lowest BCUT2D eigenvalue weighted by molar-refractivity contribution is 0.0940. The van der Waals surface area contributed by atoms with Gasteiger partial charge in [-0.25, -0.2) is 0 Å². The third-order valence-corrected chi connectivity index (χ3v) is 5.25. The Balaban J connectivity index is 1.65. The van der Waals surface area contributed by atoms with E-state index in [1.165, 1.54) is 0 Å². The van der Waals surface area contributed by atoms with Crippen molar-refractivity contribution in [2.24, 2.45) is 0 Å². The van der Waals surface area contributed by atoms with Crippen LogP contribution >= 0.6 is 11.6 Å². The molecule has 2 N–H and O–H groups in total. The predicted molar refractivity (Wildman–Crippen MR) is 124 cm³/mol. The van der Waals surface area contributed by atoms with Crippen LogP contribution in [0.1, 0.15) is 46.5 Å². The van der Waals surface area contributed by atoms with Gasteiger partial charge in [0.05, 0.1) is 11.3 Å². The first-order valence-corrected chi connectivity index (χ1v) is 10.5. The number of anilines is 1. The van der Waals surface area contributed by atoms with Gasteiger partial charge in [0.15, 0.2) is 0 Å². The molecule has 0 bridgehead atoms. The Morgan fingerprint density at radius 2 is 1.61 bits per heavy atom. The molecule has 1 atom stereocenters.